The fourth-order valence-electron chi connectivity index (χ4n) is 0.730. The first kappa shape index (κ1) is 14.5. The summed E-state index contributed by atoms with van der Waals surface area (Å²) in [6.45, 7) is 10.5. The molecule has 0 aliphatic carbocycles. The molecule has 0 aliphatic rings. The minimum absolute atomic E-state index is 0.112. The van der Waals surface area contributed by atoms with E-state index in [2.05, 4.69) is 27.7 Å². The van der Waals surface area contributed by atoms with Crippen LogP contribution in [-0.2, 0) is 0 Å². The van der Waals surface area contributed by atoms with E-state index in [1.165, 1.54) is 12.8 Å². The molecule has 2 unspecified atom stereocenters. The first-order valence-electron chi connectivity index (χ1n) is 5.26. The lowest BCUT2D eigenvalue weighted by Crippen LogP contribution is -2.02. The van der Waals surface area contributed by atoms with E-state index in [0.717, 1.165) is 18.8 Å². The summed E-state index contributed by atoms with van der Waals surface area (Å²) in [5.74, 6) is 0.777. The van der Waals surface area contributed by atoms with Crippen LogP contribution in [0.5, 0.6) is 0 Å². The van der Waals surface area contributed by atoms with Gasteiger partial charge in [-0.1, -0.05) is 40.5 Å². The predicted molar refractivity (Wildman–Crippen MR) is 56.3 cm³/mol. The Morgan fingerprint density at radius 1 is 1.00 bits per heavy atom. The predicted octanol–water partition coefficient (Wildman–Crippen LogP) is 3.61. The van der Waals surface area contributed by atoms with Crippen LogP contribution in [-0.4, -0.2) is 11.2 Å². The lowest BCUT2D eigenvalue weighted by Gasteiger charge is -2.08. The largest absolute Gasteiger partial charge is 0.393 e. The van der Waals surface area contributed by atoms with Crippen molar-refractivity contribution >= 4 is 0 Å². The van der Waals surface area contributed by atoms with E-state index in [9.17, 15) is 0 Å². The number of rotatable bonds is 4. The van der Waals surface area contributed by atoms with Gasteiger partial charge in [0.25, 0.3) is 0 Å². The second kappa shape index (κ2) is 11.0. The Morgan fingerprint density at radius 2 is 1.42 bits per heavy atom. The van der Waals surface area contributed by atoms with Crippen molar-refractivity contribution in [2.45, 2.75) is 66.4 Å². The summed E-state index contributed by atoms with van der Waals surface area (Å²) in [6.07, 6.45) is 4.48. The Bertz CT molecular complexity index is 69.4. The molecule has 12 heavy (non-hydrogen) atoms. The smallest absolute Gasteiger partial charge is 0.0512 e. The molecule has 0 aromatic rings. The molecule has 76 valence electrons. The second-order valence-electron chi connectivity index (χ2n) is 3.65. The Balaban J connectivity index is 0. The van der Waals surface area contributed by atoms with E-state index < -0.39 is 0 Å². The molecule has 0 spiro atoms. The van der Waals surface area contributed by atoms with Gasteiger partial charge >= 0.3 is 0 Å². The monoisotopic (exact) mass is 174 g/mol. The van der Waals surface area contributed by atoms with Gasteiger partial charge in [0.15, 0.2) is 0 Å². The zero-order valence-corrected chi connectivity index (χ0v) is 9.43. The maximum absolute atomic E-state index is 8.90. The third-order valence-corrected chi connectivity index (χ3v) is 1.77. The van der Waals surface area contributed by atoms with Crippen LogP contribution in [0, 0.1) is 5.92 Å². The SMILES string of the molecule is CCC.CCC(C)CCC(C)O. The van der Waals surface area contributed by atoms with Crippen molar-refractivity contribution in [3.63, 3.8) is 0 Å². The summed E-state index contributed by atoms with van der Waals surface area (Å²) in [7, 11) is 0. The van der Waals surface area contributed by atoms with Gasteiger partial charge in [0.05, 0.1) is 6.10 Å². The zero-order chi connectivity index (χ0) is 9.98. The van der Waals surface area contributed by atoms with E-state index in [1.807, 2.05) is 6.92 Å². The third kappa shape index (κ3) is 16.5. The highest BCUT2D eigenvalue weighted by atomic mass is 16.3. The van der Waals surface area contributed by atoms with Gasteiger partial charge in [0.1, 0.15) is 0 Å². The lowest BCUT2D eigenvalue weighted by molar-refractivity contribution is 0.174. The van der Waals surface area contributed by atoms with Crippen LogP contribution >= 0.6 is 0 Å². The van der Waals surface area contributed by atoms with Crippen LogP contribution < -0.4 is 0 Å². The second-order valence-corrected chi connectivity index (χ2v) is 3.65. The molecule has 0 fully saturated rings. The molecule has 0 bridgehead atoms. The average molecular weight is 174 g/mol. The fourth-order valence-corrected chi connectivity index (χ4v) is 0.730. The van der Waals surface area contributed by atoms with Crippen LogP contribution in [0.2, 0.25) is 0 Å². The highest BCUT2D eigenvalue weighted by Gasteiger charge is 2.00. The topological polar surface area (TPSA) is 20.2 Å². The van der Waals surface area contributed by atoms with E-state index in [4.69, 9.17) is 5.11 Å². The normalized spacial score (nSPS) is 14.5. The first-order chi connectivity index (χ1) is 5.58. The minimum Gasteiger partial charge on any atom is -0.393 e. The third-order valence-electron chi connectivity index (χ3n) is 1.77. The number of hydrogen-bond acceptors (Lipinski definition) is 1. The van der Waals surface area contributed by atoms with Gasteiger partial charge in [0, 0.05) is 0 Å². The molecule has 0 rings (SSSR count). The van der Waals surface area contributed by atoms with Crippen molar-refractivity contribution < 1.29 is 5.11 Å². The standard InChI is InChI=1S/C8H18O.C3H8/c1-4-7(2)5-6-8(3)9;1-3-2/h7-9H,4-6H2,1-3H3;3H2,1-2H3. The first-order valence-corrected chi connectivity index (χ1v) is 5.26. The van der Waals surface area contributed by atoms with E-state index in [-0.39, 0.29) is 6.10 Å². The van der Waals surface area contributed by atoms with Crippen LogP contribution in [0.1, 0.15) is 60.3 Å². The molecule has 1 N–H and O–H groups in total. The van der Waals surface area contributed by atoms with Gasteiger partial charge in [-0.25, -0.2) is 0 Å². The fraction of sp³-hybridized carbons (Fsp3) is 1.00. The quantitative estimate of drug-likeness (QED) is 0.690. The molecule has 0 saturated carbocycles. The molecule has 0 aromatic heterocycles. The summed E-state index contributed by atoms with van der Waals surface area (Å²) in [6, 6.07) is 0. The van der Waals surface area contributed by atoms with Gasteiger partial charge in [-0.05, 0) is 25.7 Å². The number of hydrogen-bond donors (Lipinski definition) is 1. The van der Waals surface area contributed by atoms with Gasteiger partial charge in [-0.15, -0.1) is 0 Å². The van der Waals surface area contributed by atoms with E-state index in [1.54, 1.807) is 0 Å². The molecule has 0 amide bonds. The highest BCUT2D eigenvalue weighted by Crippen LogP contribution is 2.10. The van der Waals surface area contributed by atoms with Crippen LogP contribution in [0.3, 0.4) is 0 Å². The maximum atomic E-state index is 8.90. The average Bonchev–Trinajstić information content (AvgIpc) is 2.01. The van der Waals surface area contributed by atoms with Crippen LogP contribution in [0.4, 0.5) is 0 Å². The molecule has 0 radical (unpaired) electrons. The van der Waals surface area contributed by atoms with Crippen molar-refractivity contribution in [1.29, 1.82) is 0 Å². The molecular formula is C11H26O. The van der Waals surface area contributed by atoms with Crippen LogP contribution in [0.15, 0.2) is 0 Å². The Labute approximate surface area is 78.2 Å². The maximum Gasteiger partial charge on any atom is 0.0512 e. The molecule has 0 aromatic carbocycles. The molecule has 1 heteroatoms. The Hall–Kier alpha value is -0.0400. The molecule has 2 atom stereocenters. The van der Waals surface area contributed by atoms with Gasteiger partial charge in [-0.3, -0.25) is 0 Å². The van der Waals surface area contributed by atoms with Crippen molar-refractivity contribution in [2.24, 2.45) is 5.92 Å². The summed E-state index contributed by atoms with van der Waals surface area (Å²) in [5.41, 5.74) is 0. The van der Waals surface area contributed by atoms with Crippen molar-refractivity contribution in [2.75, 3.05) is 0 Å². The molecule has 0 saturated heterocycles. The van der Waals surface area contributed by atoms with Gasteiger partial charge in [0.2, 0.25) is 0 Å². The van der Waals surface area contributed by atoms with E-state index >= 15 is 0 Å². The minimum atomic E-state index is -0.112. The Kier molecular flexibility index (Phi) is 13.2. The number of aliphatic hydroxyl groups is 1. The van der Waals surface area contributed by atoms with Gasteiger partial charge in [-0.2, -0.15) is 0 Å². The number of aliphatic hydroxyl groups excluding tert-OH is 1. The summed E-state index contributed by atoms with van der Waals surface area (Å²) in [5, 5.41) is 8.90. The molecule has 1 nitrogen and oxygen atoms in total. The Morgan fingerprint density at radius 3 is 1.67 bits per heavy atom. The summed E-state index contributed by atoms with van der Waals surface area (Å²) >= 11 is 0. The van der Waals surface area contributed by atoms with Crippen LogP contribution in [0.25, 0.3) is 0 Å². The summed E-state index contributed by atoms with van der Waals surface area (Å²) in [4.78, 5) is 0. The molecule has 0 heterocycles. The van der Waals surface area contributed by atoms with Crippen molar-refractivity contribution in [3.8, 4) is 0 Å². The van der Waals surface area contributed by atoms with Crippen molar-refractivity contribution in [3.05, 3.63) is 0 Å². The molecule has 0 aliphatic heterocycles. The summed E-state index contributed by atoms with van der Waals surface area (Å²) < 4.78 is 0. The van der Waals surface area contributed by atoms with Crippen molar-refractivity contribution in [1.82, 2.24) is 0 Å². The lowest BCUT2D eigenvalue weighted by atomic mass is 10.0. The highest BCUT2D eigenvalue weighted by molar-refractivity contribution is 4.53. The molecular weight excluding hydrogens is 148 g/mol. The van der Waals surface area contributed by atoms with E-state index in [0.29, 0.717) is 0 Å². The van der Waals surface area contributed by atoms with Gasteiger partial charge < -0.3 is 5.11 Å². The zero-order valence-electron chi connectivity index (χ0n) is 9.43.